The number of carbonyl (C=O) groups is 2. The van der Waals surface area contributed by atoms with Crippen LogP contribution >= 0.6 is 11.8 Å². The van der Waals surface area contributed by atoms with Gasteiger partial charge in [-0.25, -0.2) is 9.59 Å². The molecule has 6 heteroatoms. The van der Waals surface area contributed by atoms with Crippen molar-refractivity contribution in [2.75, 3.05) is 18.6 Å². The summed E-state index contributed by atoms with van der Waals surface area (Å²) in [5, 5.41) is 12.0. The highest BCUT2D eigenvalue weighted by atomic mass is 32.2. The zero-order chi connectivity index (χ0) is 19.4. The van der Waals surface area contributed by atoms with Crippen molar-refractivity contribution < 1.29 is 19.4 Å². The molecular weight excluding hydrogens is 362 g/mol. The second-order valence-corrected chi connectivity index (χ2v) is 7.82. The molecule has 0 aliphatic heterocycles. The van der Waals surface area contributed by atoms with Gasteiger partial charge in [-0.15, -0.1) is 0 Å². The number of aliphatic carboxylic acids is 1. The highest BCUT2D eigenvalue weighted by Gasteiger charge is 2.35. The Morgan fingerprint density at radius 1 is 1.11 bits per heavy atom. The molecule has 2 aromatic carbocycles. The number of ether oxygens (including phenoxy) is 1. The number of benzene rings is 2. The third kappa shape index (κ3) is 3.95. The molecule has 142 valence electrons. The van der Waals surface area contributed by atoms with Gasteiger partial charge in [0.15, 0.2) is 0 Å². The van der Waals surface area contributed by atoms with Gasteiger partial charge in [-0.3, -0.25) is 0 Å². The monoisotopic (exact) mass is 385 g/mol. The molecule has 0 fully saturated rings. The summed E-state index contributed by atoms with van der Waals surface area (Å²) in [6.45, 7) is 1.67. The second kappa shape index (κ2) is 8.05. The third-order valence-corrected chi connectivity index (χ3v) is 5.61. The van der Waals surface area contributed by atoms with E-state index in [2.05, 4.69) is 17.4 Å². The number of carboxylic acid groups (broad SMARTS) is 1. The fraction of sp³-hybridized carbons (Fsp3) is 0.333. The second-order valence-electron chi connectivity index (χ2n) is 6.83. The van der Waals surface area contributed by atoms with Crippen LogP contribution in [0.4, 0.5) is 4.79 Å². The minimum absolute atomic E-state index is 0.0505. The van der Waals surface area contributed by atoms with E-state index in [1.54, 1.807) is 0 Å². The van der Waals surface area contributed by atoms with Crippen molar-refractivity contribution in [2.24, 2.45) is 0 Å². The molecule has 27 heavy (non-hydrogen) atoms. The molecule has 5 nitrogen and oxygen atoms in total. The molecule has 1 aliphatic rings. The van der Waals surface area contributed by atoms with Gasteiger partial charge in [-0.05, 0) is 47.6 Å². The predicted molar refractivity (Wildman–Crippen MR) is 107 cm³/mol. The summed E-state index contributed by atoms with van der Waals surface area (Å²) in [5.41, 5.74) is 3.20. The number of carbonyl (C=O) groups excluding carboxylic acids is 1. The predicted octanol–water partition coefficient (Wildman–Crippen LogP) is 4.12. The molecule has 0 saturated carbocycles. The summed E-state index contributed by atoms with van der Waals surface area (Å²) in [6, 6.07) is 16.2. The summed E-state index contributed by atoms with van der Waals surface area (Å²) >= 11 is 1.54. The number of nitrogens with one attached hydrogen (secondary N) is 1. The first kappa shape index (κ1) is 19.3. The molecule has 0 aromatic heterocycles. The Morgan fingerprint density at radius 2 is 1.67 bits per heavy atom. The first-order chi connectivity index (χ1) is 13.0. The average Bonchev–Trinajstić information content (AvgIpc) is 2.98. The van der Waals surface area contributed by atoms with Gasteiger partial charge in [0.2, 0.25) is 0 Å². The molecule has 2 N–H and O–H groups in total. The number of hydrogen-bond acceptors (Lipinski definition) is 4. The fourth-order valence-corrected chi connectivity index (χ4v) is 4.00. The van der Waals surface area contributed by atoms with E-state index in [0.717, 1.165) is 22.3 Å². The molecule has 0 spiro atoms. The molecule has 0 heterocycles. The Labute approximate surface area is 163 Å². The fourth-order valence-electron chi connectivity index (χ4n) is 3.39. The Bertz CT molecular complexity index is 808. The van der Waals surface area contributed by atoms with Crippen LogP contribution in [0.1, 0.15) is 30.4 Å². The van der Waals surface area contributed by atoms with Crippen LogP contribution < -0.4 is 5.32 Å². The zero-order valence-corrected chi connectivity index (χ0v) is 16.2. The summed E-state index contributed by atoms with van der Waals surface area (Å²) in [7, 11) is 0. The number of thioether (sulfide) groups is 1. The van der Waals surface area contributed by atoms with Crippen LogP contribution in [-0.2, 0) is 9.53 Å². The lowest BCUT2D eigenvalue weighted by atomic mass is 9.98. The van der Waals surface area contributed by atoms with Gasteiger partial charge < -0.3 is 15.2 Å². The molecule has 0 radical (unpaired) electrons. The van der Waals surface area contributed by atoms with Crippen LogP contribution in [0.25, 0.3) is 11.1 Å². The number of alkyl carbamates (subject to hydrolysis) is 1. The van der Waals surface area contributed by atoms with Gasteiger partial charge in [-0.2, -0.15) is 11.8 Å². The van der Waals surface area contributed by atoms with E-state index < -0.39 is 17.6 Å². The Morgan fingerprint density at radius 3 is 2.19 bits per heavy atom. The summed E-state index contributed by atoms with van der Waals surface area (Å²) in [6.07, 6.45) is 1.52. The van der Waals surface area contributed by atoms with Gasteiger partial charge in [0.1, 0.15) is 12.1 Å². The first-order valence-corrected chi connectivity index (χ1v) is 10.2. The van der Waals surface area contributed by atoms with Gasteiger partial charge in [0, 0.05) is 5.92 Å². The van der Waals surface area contributed by atoms with E-state index in [1.165, 1.54) is 18.7 Å². The minimum atomic E-state index is -1.34. The first-order valence-electron chi connectivity index (χ1n) is 8.82. The van der Waals surface area contributed by atoms with Crippen LogP contribution in [0.2, 0.25) is 0 Å². The van der Waals surface area contributed by atoms with Crippen molar-refractivity contribution in [2.45, 2.75) is 24.8 Å². The molecular formula is C21H23NO4S. The summed E-state index contributed by atoms with van der Waals surface area (Å²) < 4.78 is 5.45. The molecule has 0 bridgehead atoms. The Hall–Kier alpha value is -2.47. The van der Waals surface area contributed by atoms with Gasteiger partial charge >= 0.3 is 12.1 Å². The smallest absolute Gasteiger partial charge is 0.408 e. The lowest BCUT2D eigenvalue weighted by Gasteiger charge is -2.26. The Balaban J connectivity index is 1.71. The van der Waals surface area contributed by atoms with E-state index in [4.69, 9.17) is 4.74 Å². The number of carboxylic acids is 1. The number of amides is 1. The molecule has 1 amide bonds. The van der Waals surface area contributed by atoms with E-state index >= 15 is 0 Å². The normalized spacial score (nSPS) is 14.7. The van der Waals surface area contributed by atoms with Crippen molar-refractivity contribution >= 4 is 23.8 Å². The van der Waals surface area contributed by atoms with Crippen LogP contribution in [0.15, 0.2) is 48.5 Å². The van der Waals surface area contributed by atoms with Crippen LogP contribution in [0.3, 0.4) is 0 Å². The maximum Gasteiger partial charge on any atom is 0.408 e. The molecule has 1 atom stereocenters. The lowest BCUT2D eigenvalue weighted by molar-refractivity contribution is -0.144. The van der Waals surface area contributed by atoms with Crippen molar-refractivity contribution in [1.82, 2.24) is 5.32 Å². The molecule has 0 saturated heterocycles. The molecule has 1 unspecified atom stereocenters. The topological polar surface area (TPSA) is 75.6 Å². The Kier molecular flexibility index (Phi) is 5.75. The van der Waals surface area contributed by atoms with Crippen molar-refractivity contribution in [1.29, 1.82) is 0 Å². The molecule has 3 rings (SSSR count). The lowest BCUT2D eigenvalue weighted by Crippen LogP contribution is -2.52. The summed E-state index contributed by atoms with van der Waals surface area (Å²) in [5.74, 6) is -0.484. The van der Waals surface area contributed by atoms with Crippen LogP contribution in [-0.4, -0.2) is 41.3 Å². The molecule has 2 aromatic rings. The number of rotatable bonds is 7. The summed E-state index contributed by atoms with van der Waals surface area (Å²) in [4.78, 5) is 23.9. The third-order valence-electron chi connectivity index (χ3n) is 5.00. The van der Waals surface area contributed by atoms with E-state index in [0.29, 0.717) is 12.2 Å². The van der Waals surface area contributed by atoms with Crippen LogP contribution in [0, 0.1) is 0 Å². The largest absolute Gasteiger partial charge is 0.480 e. The van der Waals surface area contributed by atoms with Gasteiger partial charge in [-0.1, -0.05) is 48.5 Å². The molecule has 1 aliphatic carbocycles. The minimum Gasteiger partial charge on any atom is -0.480 e. The quantitative estimate of drug-likeness (QED) is 0.750. The zero-order valence-electron chi connectivity index (χ0n) is 15.4. The van der Waals surface area contributed by atoms with Crippen molar-refractivity contribution in [3.05, 3.63) is 59.7 Å². The number of hydrogen-bond donors (Lipinski definition) is 2. The van der Waals surface area contributed by atoms with Crippen molar-refractivity contribution in [3.63, 3.8) is 0 Å². The van der Waals surface area contributed by atoms with E-state index in [-0.39, 0.29) is 12.5 Å². The highest BCUT2D eigenvalue weighted by Crippen LogP contribution is 2.44. The van der Waals surface area contributed by atoms with Gasteiger partial charge in [0.05, 0.1) is 0 Å². The average molecular weight is 385 g/mol. The van der Waals surface area contributed by atoms with Crippen LogP contribution in [0.5, 0.6) is 0 Å². The standard InChI is InChI=1S/C21H23NO4S/c1-21(19(23)24,11-12-27-2)22-20(25)26-13-18-16-9-5-3-7-14(16)15-8-4-6-10-17(15)18/h3-10,18H,11-13H2,1-2H3,(H,22,25)(H,23,24). The number of fused-ring (bicyclic) bond motifs is 3. The highest BCUT2D eigenvalue weighted by molar-refractivity contribution is 7.98. The van der Waals surface area contributed by atoms with Gasteiger partial charge in [0.25, 0.3) is 0 Å². The SMILES string of the molecule is CSCCC(C)(NC(=O)OCC1c2ccccc2-c2ccccc21)C(=O)O. The van der Waals surface area contributed by atoms with Crippen molar-refractivity contribution in [3.8, 4) is 11.1 Å². The van der Waals surface area contributed by atoms with E-state index in [1.807, 2.05) is 42.7 Å². The van der Waals surface area contributed by atoms with E-state index in [9.17, 15) is 14.7 Å². The maximum atomic E-state index is 12.3. The maximum absolute atomic E-state index is 12.3.